The van der Waals surface area contributed by atoms with Gasteiger partial charge >= 0.3 is 0 Å². The average Bonchev–Trinajstić information content (AvgIpc) is 2.39. The topological polar surface area (TPSA) is 34.1 Å². The van der Waals surface area contributed by atoms with Crippen LogP contribution in [-0.2, 0) is 15.3 Å². The van der Waals surface area contributed by atoms with Crippen LogP contribution < -0.4 is 0 Å². The van der Waals surface area contributed by atoms with E-state index in [0.29, 0.717) is 4.90 Å². The maximum atomic E-state index is 12.9. The summed E-state index contributed by atoms with van der Waals surface area (Å²) in [6.45, 7) is 6.21. The van der Waals surface area contributed by atoms with Crippen molar-refractivity contribution in [2.45, 2.75) is 68.4 Å². The molecule has 0 aromatic heterocycles. The van der Waals surface area contributed by atoms with Crippen LogP contribution in [-0.4, -0.2) is 13.7 Å². The Morgan fingerprint density at radius 3 is 2.16 bits per heavy atom. The molecule has 0 saturated heterocycles. The van der Waals surface area contributed by atoms with Gasteiger partial charge in [-0.1, -0.05) is 58.2 Å². The number of hydrogen-bond donors (Lipinski definition) is 0. The van der Waals surface area contributed by atoms with Crippen LogP contribution in [0.3, 0.4) is 0 Å². The molecule has 106 valence electrons. The first-order chi connectivity index (χ1) is 8.83. The lowest BCUT2D eigenvalue weighted by Crippen LogP contribution is -2.27. The minimum Gasteiger partial charge on any atom is -0.223 e. The molecule has 19 heavy (non-hydrogen) atoms. The molecule has 0 unspecified atom stereocenters. The van der Waals surface area contributed by atoms with E-state index in [1.54, 1.807) is 6.07 Å². The summed E-state index contributed by atoms with van der Waals surface area (Å²) in [5.74, 6) is 0. The second-order valence-corrected chi connectivity index (χ2v) is 8.75. The third kappa shape index (κ3) is 3.02. The number of rotatable bonds is 2. The fraction of sp³-hybridized carbons (Fsp3) is 0.625. The van der Waals surface area contributed by atoms with Crippen LogP contribution in [0, 0.1) is 0 Å². The molecule has 0 spiro atoms. The molecule has 2 nitrogen and oxygen atoms in total. The van der Waals surface area contributed by atoms with Gasteiger partial charge in [-0.2, -0.15) is 0 Å². The Kier molecular flexibility index (Phi) is 4.05. The Labute approximate surface area is 117 Å². The van der Waals surface area contributed by atoms with Crippen LogP contribution in [0.25, 0.3) is 0 Å². The number of benzene rings is 1. The van der Waals surface area contributed by atoms with Gasteiger partial charge in [0.25, 0.3) is 0 Å². The Bertz CT molecular complexity index is 532. The third-order valence-corrected chi connectivity index (χ3v) is 6.31. The zero-order valence-electron chi connectivity index (χ0n) is 12.1. The molecule has 3 heteroatoms. The Morgan fingerprint density at radius 2 is 1.58 bits per heavy atom. The van der Waals surface area contributed by atoms with E-state index in [-0.39, 0.29) is 10.7 Å². The number of sulfone groups is 1. The van der Waals surface area contributed by atoms with Gasteiger partial charge in [0.2, 0.25) is 0 Å². The lowest BCUT2D eigenvalue weighted by Gasteiger charge is -2.27. The molecule has 0 bridgehead atoms. The van der Waals surface area contributed by atoms with E-state index in [0.717, 1.165) is 31.2 Å². The van der Waals surface area contributed by atoms with Crippen molar-refractivity contribution < 1.29 is 8.42 Å². The van der Waals surface area contributed by atoms with E-state index in [9.17, 15) is 8.42 Å². The van der Waals surface area contributed by atoms with Gasteiger partial charge in [0.15, 0.2) is 9.84 Å². The van der Waals surface area contributed by atoms with Crippen LogP contribution in [0.5, 0.6) is 0 Å². The standard InChI is InChI=1S/C16H24O2S/c1-16(2,3)14-11-7-8-12-15(14)19(17,18)13-9-5-4-6-10-13/h7-8,11-13H,4-6,9-10H2,1-3H3. The molecule has 0 aliphatic heterocycles. The summed E-state index contributed by atoms with van der Waals surface area (Å²) in [6, 6.07) is 7.51. The van der Waals surface area contributed by atoms with Crippen LogP contribution in [0.2, 0.25) is 0 Å². The molecule has 1 fully saturated rings. The predicted octanol–water partition coefficient (Wildman–Crippen LogP) is 4.09. The Hall–Kier alpha value is -0.830. The Balaban J connectivity index is 2.46. The zero-order valence-corrected chi connectivity index (χ0v) is 13.0. The van der Waals surface area contributed by atoms with Crippen LogP contribution in [0.4, 0.5) is 0 Å². The fourth-order valence-corrected chi connectivity index (χ4v) is 5.15. The molecule has 1 aliphatic carbocycles. The number of hydrogen-bond acceptors (Lipinski definition) is 2. The summed E-state index contributed by atoms with van der Waals surface area (Å²) in [5.41, 5.74) is 0.804. The van der Waals surface area contributed by atoms with Crippen molar-refractivity contribution in [1.82, 2.24) is 0 Å². The van der Waals surface area contributed by atoms with Crippen molar-refractivity contribution in [1.29, 1.82) is 0 Å². The lowest BCUT2D eigenvalue weighted by atomic mass is 9.87. The molecule has 1 aromatic rings. The predicted molar refractivity (Wildman–Crippen MR) is 79.2 cm³/mol. The highest BCUT2D eigenvalue weighted by Crippen LogP contribution is 2.34. The molecule has 1 saturated carbocycles. The van der Waals surface area contributed by atoms with Crippen molar-refractivity contribution in [3.05, 3.63) is 29.8 Å². The molecule has 1 aliphatic rings. The van der Waals surface area contributed by atoms with E-state index < -0.39 is 9.84 Å². The first-order valence-corrected chi connectivity index (χ1v) is 8.71. The molecule has 0 amide bonds. The SMILES string of the molecule is CC(C)(C)c1ccccc1S(=O)(=O)C1CCCCC1. The normalized spacial score (nSPS) is 18.5. The molecular formula is C16H24O2S. The quantitative estimate of drug-likeness (QED) is 0.817. The molecule has 0 atom stereocenters. The van der Waals surface area contributed by atoms with E-state index >= 15 is 0 Å². The van der Waals surface area contributed by atoms with E-state index in [1.807, 2.05) is 18.2 Å². The van der Waals surface area contributed by atoms with Gasteiger partial charge < -0.3 is 0 Å². The van der Waals surface area contributed by atoms with Gasteiger partial charge in [-0.3, -0.25) is 0 Å². The van der Waals surface area contributed by atoms with Gasteiger partial charge in [-0.25, -0.2) is 8.42 Å². The molecule has 0 radical (unpaired) electrons. The minimum absolute atomic E-state index is 0.141. The fourth-order valence-electron chi connectivity index (χ4n) is 2.89. The van der Waals surface area contributed by atoms with Crippen LogP contribution >= 0.6 is 0 Å². The van der Waals surface area contributed by atoms with E-state index in [4.69, 9.17) is 0 Å². The van der Waals surface area contributed by atoms with Crippen molar-refractivity contribution in [3.63, 3.8) is 0 Å². The van der Waals surface area contributed by atoms with Crippen molar-refractivity contribution in [3.8, 4) is 0 Å². The molecule has 0 heterocycles. The average molecular weight is 280 g/mol. The highest BCUT2D eigenvalue weighted by Gasteiger charge is 2.32. The first kappa shape index (κ1) is 14.6. The summed E-state index contributed by atoms with van der Waals surface area (Å²) in [6.07, 6.45) is 4.90. The Morgan fingerprint density at radius 1 is 1.00 bits per heavy atom. The molecule has 0 N–H and O–H groups in total. The molecule has 1 aromatic carbocycles. The third-order valence-electron chi connectivity index (χ3n) is 3.99. The van der Waals surface area contributed by atoms with Crippen molar-refractivity contribution in [2.24, 2.45) is 0 Å². The van der Waals surface area contributed by atoms with Crippen LogP contribution in [0.15, 0.2) is 29.2 Å². The van der Waals surface area contributed by atoms with E-state index in [2.05, 4.69) is 20.8 Å². The van der Waals surface area contributed by atoms with Crippen LogP contribution in [0.1, 0.15) is 58.4 Å². The largest absolute Gasteiger partial charge is 0.223 e. The zero-order chi connectivity index (χ0) is 14.1. The van der Waals surface area contributed by atoms with Gasteiger partial charge in [0, 0.05) is 0 Å². The summed E-state index contributed by atoms with van der Waals surface area (Å²) in [5, 5.41) is -0.176. The van der Waals surface area contributed by atoms with Gasteiger partial charge in [-0.15, -0.1) is 0 Å². The first-order valence-electron chi connectivity index (χ1n) is 7.17. The highest BCUT2D eigenvalue weighted by atomic mass is 32.2. The molecular weight excluding hydrogens is 256 g/mol. The van der Waals surface area contributed by atoms with Crippen molar-refractivity contribution >= 4 is 9.84 Å². The van der Waals surface area contributed by atoms with Gasteiger partial charge in [0.1, 0.15) is 0 Å². The minimum atomic E-state index is -3.18. The highest BCUT2D eigenvalue weighted by molar-refractivity contribution is 7.92. The van der Waals surface area contributed by atoms with E-state index in [1.165, 1.54) is 6.42 Å². The van der Waals surface area contributed by atoms with Gasteiger partial charge in [0.05, 0.1) is 10.1 Å². The lowest BCUT2D eigenvalue weighted by molar-refractivity contribution is 0.481. The maximum Gasteiger partial charge on any atom is 0.181 e. The summed E-state index contributed by atoms with van der Waals surface area (Å²) in [7, 11) is -3.18. The van der Waals surface area contributed by atoms with Gasteiger partial charge in [-0.05, 0) is 29.9 Å². The summed E-state index contributed by atoms with van der Waals surface area (Å²) < 4.78 is 25.7. The van der Waals surface area contributed by atoms with Crippen molar-refractivity contribution in [2.75, 3.05) is 0 Å². The monoisotopic (exact) mass is 280 g/mol. The second-order valence-electron chi connectivity index (χ2n) is 6.55. The molecule has 2 rings (SSSR count). The maximum absolute atomic E-state index is 12.9. The smallest absolute Gasteiger partial charge is 0.181 e. The summed E-state index contributed by atoms with van der Waals surface area (Å²) >= 11 is 0. The second kappa shape index (κ2) is 5.28. The summed E-state index contributed by atoms with van der Waals surface area (Å²) in [4.78, 5) is 0.550.